The molecule has 1 unspecified atom stereocenters. The molecule has 3 rings (SSSR count). The first-order chi connectivity index (χ1) is 8.57. The van der Waals surface area contributed by atoms with Gasteiger partial charge in [-0.2, -0.15) is 0 Å². The molecule has 0 spiro atoms. The standard InChI is InChI=1S/C14H20O4/c1-14-10(4-5-11(14)16)9(7-15)3-2-8-6-12(17)18-13(8)14/h8-10,13,15H,2-7H2,1H3/t8-,9?,10-,13+,14-/m0/s1. The van der Waals surface area contributed by atoms with Crippen LogP contribution in [0, 0.1) is 23.2 Å². The Labute approximate surface area is 107 Å². The van der Waals surface area contributed by atoms with E-state index in [1.54, 1.807) is 0 Å². The molecule has 100 valence electrons. The molecular formula is C14H20O4. The van der Waals surface area contributed by atoms with E-state index in [1.165, 1.54) is 0 Å². The van der Waals surface area contributed by atoms with Gasteiger partial charge in [-0.05, 0) is 38.0 Å². The third kappa shape index (κ3) is 1.48. The number of aliphatic hydroxyl groups is 1. The molecule has 2 saturated carbocycles. The zero-order chi connectivity index (χ0) is 12.9. The highest BCUT2D eigenvalue weighted by atomic mass is 16.6. The van der Waals surface area contributed by atoms with Crippen LogP contribution in [0.15, 0.2) is 0 Å². The van der Waals surface area contributed by atoms with Gasteiger partial charge in [0.05, 0.1) is 11.8 Å². The maximum atomic E-state index is 12.3. The van der Waals surface area contributed by atoms with Crippen LogP contribution in [-0.2, 0) is 14.3 Å². The van der Waals surface area contributed by atoms with Crippen molar-refractivity contribution in [2.24, 2.45) is 23.2 Å². The Bertz CT molecular complexity index is 391. The molecule has 1 N–H and O–H groups in total. The van der Waals surface area contributed by atoms with Gasteiger partial charge in [-0.3, -0.25) is 9.59 Å². The van der Waals surface area contributed by atoms with E-state index in [1.807, 2.05) is 6.92 Å². The summed E-state index contributed by atoms with van der Waals surface area (Å²) in [4.78, 5) is 23.8. The number of ketones is 1. The number of hydrogen-bond donors (Lipinski definition) is 1. The van der Waals surface area contributed by atoms with Gasteiger partial charge in [-0.15, -0.1) is 0 Å². The third-order valence-corrected chi connectivity index (χ3v) is 5.47. The van der Waals surface area contributed by atoms with Crippen molar-refractivity contribution in [2.75, 3.05) is 6.61 Å². The molecule has 3 aliphatic rings. The molecule has 3 fully saturated rings. The summed E-state index contributed by atoms with van der Waals surface area (Å²) in [5, 5.41) is 9.56. The highest BCUT2D eigenvalue weighted by Gasteiger charge is 2.60. The second kappa shape index (κ2) is 4.05. The van der Waals surface area contributed by atoms with Crippen LogP contribution in [0.5, 0.6) is 0 Å². The van der Waals surface area contributed by atoms with Crippen LogP contribution in [0.25, 0.3) is 0 Å². The number of Topliss-reactive ketones (excluding diaryl/α,β-unsaturated/α-hetero) is 1. The first-order valence-electron chi connectivity index (χ1n) is 6.91. The molecule has 0 aromatic rings. The predicted molar refractivity (Wildman–Crippen MR) is 63.6 cm³/mol. The maximum Gasteiger partial charge on any atom is 0.306 e. The van der Waals surface area contributed by atoms with Crippen molar-refractivity contribution in [3.8, 4) is 0 Å². The van der Waals surface area contributed by atoms with Crippen molar-refractivity contribution in [1.29, 1.82) is 0 Å². The van der Waals surface area contributed by atoms with E-state index in [-0.39, 0.29) is 42.2 Å². The van der Waals surface area contributed by atoms with Crippen molar-refractivity contribution >= 4 is 11.8 Å². The summed E-state index contributed by atoms with van der Waals surface area (Å²) in [7, 11) is 0. The van der Waals surface area contributed by atoms with Crippen molar-refractivity contribution in [3.63, 3.8) is 0 Å². The quantitative estimate of drug-likeness (QED) is 0.715. The molecular weight excluding hydrogens is 232 g/mol. The first kappa shape index (κ1) is 12.2. The average molecular weight is 252 g/mol. The molecule has 4 nitrogen and oxygen atoms in total. The molecule has 5 atom stereocenters. The average Bonchev–Trinajstić information content (AvgIpc) is 2.82. The smallest absolute Gasteiger partial charge is 0.306 e. The lowest BCUT2D eigenvalue weighted by Crippen LogP contribution is -2.45. The number of carbonyl (C=O) groups is 2. The summed E-state index contributed by atoms with van der Waals surface area (Å²) < 4.78 is 5.48. The molecule has 4 heteroatoms. The first-order valence-corrected chi connectivity index (χ1v) is 6.91. The zero-order valence-corrected chi connectivity index (χ0v) is 10.7. The van der Waals surface area contributed by atoms with Crippen LogP contribution in [0.1, 0.15) is 39.0 Å². The van der Waals surface area contributed by atoms with Crippen LogP contribution in [0.2, 0.25) is 0 Å². The third-order valence-electron chi connectivity index (χ3n) is 5.47. The molecule has 0 radical (unpaired) electrons. The Morgan fingerprint density at radius 2 is 2.11 bits per heavy atom. The van der Waals surface area contributed by atoms with Crippen LogP contribution in [-0.4, -0.2) is 29.6 Å². The lowest BCUT2D eigenvalue weighted by Gasteiger charge is -2.37. The van der Waals surface area contributed by atoms with E-state index in [4.69, 9.17) is 4.74 Å². The Morgan fingerprint density at radius 1 is 1.33 bits per heavy atom. The van der Waals surface area contributed by atoms with Crippen LogP contribution < -0.4 is 0 Å². The zero-order valence-electron chi connectivity index (χ0n) is 10.7. The summed E-state index contributed by atoms with van der Waals surface area (Å²) in [6.45, 7) is 2.10. The van der Waals surface area contributed by atoms with Gasteiger partial charge in [-0.25, -0.2) is 0 Å². The highest BCUT2D eigenvalue weighted by molar-refractivity contribution is 5.88. The van der Waals surface area contributed by atoms with Gasteiger partial charge in [-0.1, -0.05) is 0 Å². The summed E-state index contributed by atoms with van der Waals surface area (Å²) >= 11 is 0. The molecule has 0 aromatic heterocycles. The Kier molecular flexibility index (Phi) is 2.73. The molecule has 1 aliphatic heterocycles. The minimum atomic E-state index is -0.555. The van der Waals surface area contributed by atoms with Gasteiger partial charge in [0.2, 0.25) is 0 Å². The van der Waals surface area contributed by atoms with Crippen LogP contribution in [0.4, 0.5) is 0 Å². The predicted octanol–water partition coefficient (Wildman–Crippen LogP) is 1.31. The van der Waals surface area contributed by atoms with Gasteiger partial charge in [0.1, 0.15) is 11.9 Å². The number of fused-ring (bicyclic) bond motifs is 3. The van der Waals surface area contributed by atoms with Gasteiger partial charge < -0.3 is 9.84 Å². The fraction of sp³-hybridized carbons (Fsp3) is 0.857. The number of aliphatic hydroxyl groups excluding tert-OH is 1. The fourth-order valence-electron chi connectivity index (χ4n) is 4.48. The molecule has 2 aliphatic carbocycles. The van der Waals surface area contributed by atoms with Crippen molar-refractivity contribution in [2.45, 2.75) is 45.1 Å². The van der Waals surface area contributed by atoms with E-state index in [0.717, 1.165) is 19.3 Å². The van der Waals surface area contributed by atoms with E-state index in [9.17, 15) is 14.7 Å². The lowest BCUT2D eigenvalue weighted by molar-refractivity contribution is -0.152. The van der Waals surface area contributed by atoms with Gasteiger partial charge in [0.15, 0.2) is 0 Å². The molecule has 1 heterocycles. The summed E-state index contributed by atoms with van der Waals surface area (Å²) in [5.74, 6) is 0.593. The minimum absolute atomic E-state index is 0.140. The molecule has 0 amide bonds. The summed E-state index contributed by atoms with van der Waals surface area (Å²) in [6, 6.07) is 0. The number of ether oxygens (including phenoxy) is 1. The topological polar surface area (TPSA) is 63.6 Å². The number of carbonyl (C=O) groups excluding carboxylic acids is 2. The normalized spacial score (nSPS) is 47.4. The fourth-order valence-corrected chi connectivity index (χ4v) is 4.48. The molecule has 0 aromatic carbocycles. The largest absolute Gasteiger partial charge is 0.461 e. The highest BCUT2D eigenvalue weighted by Crippen LogP contribution is 2.55. The van der Waals surface area contributed by atoms with E-state index < -0.39 is 5.41 Å². The molecule has 18 heavy (non-hydrogen) atoms. The Hall–Kier alpha value is -0.900. The molecule has 1 saturated heterocycles. The van der Waals surface area contributed by atoms with E-state index >= 15 is 0 Å². The molecule has 0 bridgehead atoms. The van der Waals surface area contributed by atoms with Crippen molar-refractivity contribution in [3.05, 3.63) is 0 Å². The second-order valence-corrected chi connectivity index (χ2v) is 6.25. The van der Waals surface area contributed by atoms with Gasteiger partial charge in [0, 0.05) is 18.9 Å². The van der Waals surface area contributed by atoms with E-state index in [2.05, 4.69) is 0 Å². The number of hydrogen-bond acceptors (Lipinski definition) is 4. The van der Waals surface area contributed by atoms with Gasteiger partial charge >= 0.3 is 5.97 Å². The minimum Gasteiger partial charge on any atom is -0.461 e. The van der Waals surface area contributed by atoms with Crippen LogP contribution in [0.3, 0.4) is 0 Å². The van der Waals surface area contributed by atoms with Gasteiger partial charge in [0.25, 0.3) is 0 Å². The monoisotopic (exact) mass is 252 g/mol. The van der Waals surface area contributed by atoms with Crippen molar-refractivity contribution < 1.29 is 19.4 Å². The van der Waals surface area contributed by atoms with Crippen LogP contribution >= 0.6 is 0 Å². The number of rotatable bonds is 1. The van der Waals surface area contributed by atoms with Crippen molar-refractivity contribution in [1.82, 2.24) is 0 Å². The number of esters is 1. The Balaban J connectivity index is 2.01. The summed E-state index contributed by atoms with van der Waals surface area (Å²) in [6.07, 6.45) is 3.39. The lowest BCUT2D eigenvalue weighted by atomic mass is 9.68. The second-order valence-electron chi connectivity index (χ2n) is 6.25. The Morgan fingerprint density at radius 3 is 2.83 bits per heavy atom. The summed E-state index contributed by atoms with van der Waals surface area (Å²) in [5.41, 5.74) is -0.555. The van der Waals surface area contributed by atoms with E-state index in [0.29, 0.717) is 12.8 Å². The SMILES string of the molecule is C[C@@]12C(=O)CC[C@H]1C(CO)CC[C@H]1CC(=O)O[C@H]12. The maximum absolute atomic E-state index is 12.3.